The standard InChI is InChI=1S/C11H12F2N2O2/c12-8-2-1-3-9(10(8)13)14-11(16)15-4-6-17-7-5-15/h1-3H,4-7H2,(H,14,16). The zero-order chi connectivity index (χ0) is 12.3. The third-order valence-electron chi connectivity index (χ3n) is 2.49. The van der Waals surface area contributed by atoms with E-state index < -0.39 is 17.7 Å². The molecule has 1 N–H and O–H groups in total. The largest absolute Gasteiger partial charge is 0.378 e. The molecule has 0 aliphatic carbocycles. The Balaban J connectivity index is 2.04. The molecule has 1 aliphatic rings. The number of amides is 2. The summed E-state index contributed by atoms with van der Waals surface area (Å²) in [5, 5.41) is 2.34. The maximum atomic E-state index is 13.3. The Morgan fingerprint density at radius 2 is 2.00 bits per heavy atom. The van der Waals surface area contributed by atoms with Crippen LogP contribution in [0.2, 0.25) is 0 Å². The molecule has 1 heterocycles. The number of benzene rings is 1. The number of anilines is 1. The topological polar surface area (TPSA) is 41.6 Å². The molecule has 6 heteroatoms. The van der Waals surface area contributed by atoms with Gasteiger partial charge < -0.3 is 15.0 Å². The number of carbonyl (C=O) groups excluding carboxylic acids is 1. The summed E-state index contributed by atoms with van der Waals surface area (Å²) in [7, 11) is 0. The fourth-order valence-corrected chi connectivity index (χ4v) is 1.56. The summed E-state index contributed by atoms with van der Waals surface area (Å²) in [4.78, 5) is 13.2. The SMILES string of the molecule is O=C(Nc1cccc(F)c1F)N1CCOCC1. The minimum atomic E-state index is -1.05. The summed E-state index contributed by atoms with van der Waals surface area (Å²) < 4.78 is 31.3. The van der Waals surface area contributed by atoms with Crippen molar-refractivity contribution in [1.82, 2.24) is 4.90 Å². The normalized spacial score (nSPS) is 15.8. The average Bonchev–Trinajstić information content (AvgIpc) is 2.36. The van der Waals surface area contributed by atoms with Crippen molar-refractivity contribution in [3.63, 3.8) is 0 Å². The number of ether oxygens (including phenoxy) is 1. The number of hydrogen-bond acceptors (Lipinski definition) is 2. The Kier molecular flexibility index (Phi) is 3.53. The first kappa shape index (κ1) is 11.8. The molecule has 4 nitrogen and oxygen atoms in total. The molecule has 2 rings (SSSR count). The van der Waals surface area contributed by atoms with Crippen molar-refractivity contribution < 1.29 is 18.3 Å². The van der Waals surface area contributed by atoms with Crippen LogP contribution in [0.15, 0.2) is 18.2 Å². The molecule has 92 valence electrons. The van der Waals surface area contributed by atoms with Crippen molar-refractivity contribution >= 4 is 11.7 Å². The molecule has 1 saturated heterocycles. The predicted molar refractivity (Wildman–Crippen MR) is 57.8 cm³/mol. The van der Waals surface area contributed by atoms with Gasteiger partial charge in [0.1, 0.15) is 0 Å². The number of rotatable bonds is 1. The number of urea groups is 1. The third-order valence-corrected chi connectivity index (χ3v) is 2.49. The Hall–Kier alpha value is -1.69. The Bertz CT molecular complexity index is 420. The van der Waals surface area contributed by atoms with Gasteiger partial charge in [0.05, 0.1) is 18.9 Å². The van der Waals surface area contributed by atoms with Crippen molar-refractivity contribution in [2.24, 2.45) is 0 Å². The average molecular weight is 242 g/mol. The lowest BCUT2D eigenvalue weighted by Gasteiger charge is -2.26. The van der Waals surface area contributed by atoms with E-state index in [4.69, 9.17) is 4.74 Å². The van der Waals surface area contributed by atoms with E-state index in [1.54, 1.807) is 0 Å². The third kappa shape index (κ3) is 2.71. The van der Waals surface area contributed by atoms with Gasteiger partial charge >= 0.3 is 6.03 Å². The predicted octanol–water partition coefficient (Wildman–Crippen LogP) is 1.83. The molecular formula is C11H12F2N2O2. The first-order chi connectivity index (χ1) is 8.18. The molecule has 2 amide bonds. The van der Waals surface area contributed by atoms with Crippen LogP contribution < -0.4 is 5.32 Å². The fraction of sp³-hybridized carbons (Fsp3) is 0.364. The van der Waals surface area contributed by atoms with E-state index in [1.165, 1.54) is 17.0 Å². The number of nitrogens with one attached hydrogen (secondary N) is 1. The second-order valence-electron chi connectivity index (χ2n) is 3.63. The Morgan fingerprint density at radius 1 is 1.29 bits per heavy atom. The molecule has 17 heavy (non-hydrogen) atoms. The highest BCUT2D eigenvalue weighted by Gasteiger charge is 2.18. The summed E-state index contributed by atoms with van der Waals surface area (Å²) in [5.74, 6) is -2.03. The zero-order valence-electron chi connectivity index (χ0n) is 9.08. The Labute approximate surface area is 97.2 Å². The van der Waals surface area contributed by atoms with Crippen LogP contribution in [0.1, 0.15) is 0 Å². The van der Waals surface area contributed by atoms with E-state index >= 15 is 0 Å². The smallest absolute Gasteiger partial charge is 0.322 e. The van der Waals surface area contributed by atoms with Crippen LogP contribution in [0, 0.1) is 11.6 Å². The molecule has 0 bridgehead atoms. The lowest BCUT2D eigenvalue weighted by Crippen LogP contribution is -2.43. The van der Waals surface area contributed by atoms with Crippen LogP contribution in [0.3, 0.4) is 0 Å². The van der Waals surface area contributed by atoms with Crippen molar-refractivity contribution in [1.29, 1.82) is 0 Å². The summed E-state index contributed by atoms with van der Waals surface area (Å²) >= 11 is 0. The van der Waals surface area contributed by atoms with Gasteiger partial charge in [-0.1, -0.05) is 6.07 Å². The lowest BCUT2D eigenvalue weighted by atomic mass is 10.3. The molecular weight excluding hydrogens is 230 g/mol. The van der Waals surface area contributed by atoms with Crippen molar-refractivity contribution in [3.8, 4) is 0 Å². The zero-order valence-corrected chi connectivity index (χ0v) is 9.08. The van der Waals surface area contributed by atoms with E-state index in [-0.39, 0.29) is 5.69 Å². The van der Waals surface area contributed by atoms with Crippen LogP contribution in [-0.2, 0) is 4.74 Å². The number of nitrogens with zero attached hydrogens (tertiary/aromatic N) is 1. The molecule has 0 aromatic heterocycles. The first-order valence-electron chi connectivity index (χ1n) is 5.26. The van der Waals surface area contributed by atoms with Crippen molar-refractivity contribution in [2.75, 3.05) is 31.6 Å². The molecule has 0 atom stereocenters. The minimum absolute atomic E-state index is 0.151. The van der Waals surface area contributed by atoms with Gasteiger partial charge in [0.2, 0.25) is 0 Å². The van der Waals surface area contributed by atoms with Gasteiger partial charge in [-0.3, -0.25) is 0 Å². The maximum absolute atomic E-state index is 13.3. The maximum Gasteiger partial charge on any atom is 0.322 e. The molecule has 0 spiro atoms. The van der Waals surface area contributed by atoms with E-state index in [0.717, 1.165) is 6.07 Å². The Morgan fingerprint density at radius 3 is 2.71 bits per heavy atom. The molecule has 1 fully saturated rings. The van der Waals surface area contributed by atoms with Gasteiger partial charge in [0.15, 0.2) is 11.6 Å². The summed E-state index contributed by atoms with van der Waals surface area (Å²) in [6, 6.07) is 3.21. The van der Waals surface area contributed by atoms with Gasteiger partial charge in [-0.15, -0.1) is 0 Å². The quantitative estimate of drug-likeness (QED) is 0.816. The van der Waals surface area contributed by atoms with Gasteiger partial charge in [0.25, 0.3) is 0 Å². The number of halogens is 2. The number of morpholine rings is 1. The van der Waals surface area contributed by atoms with E-state index in [1.807, 2.05) is 0 Å². The van der Waals surface area contributed by atoms with Crippen LogP contribution in [0.4, 0.5) is 19.3 Å². The monoisotopic (exact) mass is 242 g/mol. The summed E-state index contributed by atoms with van der Waals surface area (Å²) in [6.45, 7) is 1.81. The van der Waals surface area contributed by atoms with Crippen LogP contribution in [0.25, 0.3) is 0 Å². The van der Waals surface area contributed by atoms with E-state index in [2.05, 4.69) is 5.32 Å². The van der Waals surface area contributed by atoms with Gasteiger partial charge in [0, 0.05) is 13.1 Å². The van der Waals surface area contributed by atoms with Gasteiger partial charge in [-0.25, -0.2) is 13.6 Å². The second-order valence-corrected chi connectivity index (χ2v) is 3.63. The van der Waals surface area contributed by atoms with Crippen LogP contribution >= 0.6 is 0 Å². The number of carbonyl (C=O) groups is 1. The van der Waals surface area contributed by atoms with E-state index in [9.17, 15) is 13.6 Å². The van der Waals surface area contributed by atoms with Gasteiger partial charge in [-0.2, -0.15) is 0 Å². The highest BCUT2D eigenvalue weighted by molar-refractivity contribution is 5.89. The molecule has 0 saturated carbocycles. The first-order valence-corrected chi connectivity index (χ1v) is 5.26. The fourth-order valence-electron chi connectivity index (χ4n) is 1.56. The molecule has 1 aromatic rings. The molecule has 1 aliphatic heterocycles. The second kappa shape index (κ2) is 5.09. The number of hydrogen-bond donors (Lipinski definition) is 1. The molecule has 0 unspecified atom stereocenters. The molecule has 0 radical (unpaired) electrons. The summed E-state index contributed by atoms with van der Waals surface area (Å²) in [6.07, 6.45) is 0. The highest BCUT2D eigenvalue weighted by atomic mass is 19.2. The van der Waals surface area contributed by atoms with Crippen LogP contribution in [-0.4, -0.2) is 37.2 Å². The van der Waals surface area contributed by atoms with Gasteiger partial charge in [-0.05, 0) is 12.1 Å². The molecule has 1 aromatic carbocycles. The van der Waals surface area contributed by atoms with Crippen LogP contribution in [0.5, 0.6) is 0 Å². The lowest BCUT2D eigenvalue weighted by molar-refractivity contribution is 0.0564. The van der Waals surface area contributed by atoms with Crippen molar-refractivity contribution in [3.05, 3.63) is 29.8 Å². The van der Waals surface area contributed by atoms with E-state index in [0.29, 0.717) is 26.3 Å². The summed E-state index contributed by atoms with van der Waals surface area (Å²) in [5.41, 5.74) is -0.151. The minimum Gasteiger partial charge on any atom is -0.378 e. The van der Waals surface area contributed by atoms with Crippen molar-refractivity contribution in [2.45, 2.75) is 0 Å². The highest BCUT2D eigenvalue weighted by Crippen LogP contribution is 2.17.